The van der Waals surface area contributed by atoms with Gasteiger partial charge in [-0.15, -0.1) is 11.3 Å². The highest BCUT2D eigenvalue weighted by molar-refractivity contribution is 7.91. The van der Waals surface area contributed by atoms with Crippen molar-refractivity contribution in [2.45, 2.75) is 4.21 Å². The van der Waals surface area contributed by atoms with Gasteiger partial charge in [0.1, 0.15) is 15.6 Å². The Morgan fingerprint density at radius 1 is 0.714 bits per heavy atom. The van der Waals surface area contributed by atoms with Crippen LogP contribution in [0.15, 0.2) is 87.7 Å². The number of sulfonamides is 1. The Balaban J connectivity index is 1.84. The van der Waals surface area contributed by atoms with E-state index in [0.717, 1.165) is 11.3 Å². The quantitative estimate of drug-likeness (QED) is 0.672. The summed E-state index contributed by atoms with van der Waals surface area (Å²) in [5.41, 5.74) is 0.557. The first-order valence-corrected chi connectivity index (χ1v) is 10.6. The van der Waals surface area contributed by atoms with Gasteiger partial charge in [0.25, 0.3) is 10.0 Å². The van der Waals surface area contributed by atoms with Gasteiger partial charge in [-0.2, -0.15) is 0 Å². The Morgan fingerprint density at radius 3 is 1.93 bits per heavy atom. The van der Waals surface area contributed by atoms with Crippen molar-refractivity contribution in [2.75, 3.05) is 5.32 Å². The number of thiophene rings is 1. The minimum Gasteiger partial charge on any atom is -0.350 e. The predicted molar refractivity (Wildman–Crippen MR) is 107 cm³/mol. The van der Waals surface area contributed by atoms with E-state index in [2.05, 4.69) is 10.0 Å². The molecule has 0 unspecified atom stereocenters. The van der Waals surface area contributed by atoms with Gasteiger partial charge < -0.3 is 5.32 Å². The number of carbonyl (C=O) groups excluding carboxylic acids is 2. The van der Waals surface area contributed by atoms with Crippen molar-refractivity contribution in [2.24, 2.45) is 0 Å². The first kappa shape index (κ1) is 18.1. The molecule has 1 aliphatic rings. The summed E-state index contributed by atoms with van der Waals surface area (Å²) < 4.78 is 27.8. The molecule has 0 aliphatic heterocycles. The molecule has 140 valence electrons. The summed E-state index contributed by atoms with van der Waals surface area (Å²) in [6, 6.07) is 18.2. The Labute approximate surface area is 165 Å². The van der Waals surface area contributed by atoms with Crippen molar-refractivity contribution in [1.82, 2.24) is 4.72 Å². The Hall–Kier alpha value is -3.23. The molecule has 0 amide bonds. The van der Waals surface area contributed by atoms with E-state index in [4.69, 9.17) is 0 Å². The van der Waals surface area contributed by atoms with Gasteiger partial charge in [0.05, 0.1) is 0 Å². The van der Waals surface area contributed by atoms with Crippen LogP contribution in [0.2, 0.25) is 0 Å². The number of ketones is 2. The van der Waals surface area contributed by atoms with Gasteiger partial charge in [0, 0.05) is 16.8 Å². The molecule has 0 saturated carbocycles. The fraction of sp³-hybridized carbons (Fsp3) is 0. The largest absolute Gasteiger partial charge is 0.350 e. The van der Waals surface area contributed by atoms with Crippen LogP contribution >= 0.6 is 11.3 Å². The minimum atomic E-state index is -4.00. The number of allylic oxidation sites excluding steroid dienone is 2. The van der Waals surface area contributed by atoms with Gasteiger partial charge in [-0.3, -0.25) is 14.3 Å². The zero-order valence-electron chi connectivity index (χ0n) is 14.4. The van der Waals surface area contributed by atoms with Crippen molar-refractivity contribution < 1.29 is 18.0 Å². The monoisotopic (exact) mass is 410 g/mol. The number of rotatable bonds is 5. The van der Waals surface area contributed by atoms with E-state index in [1.807, 2.05) is 6.07 Å². The van der Waals surface area contributed by atoms with Crippen LogP contribution in [-0.2, 0) is 10.0 Å². The maximum absolute atomic E-state index is 13.0. The Kier molecular flexibility index (Phi) is 4.58. The van der Waals surface area contributed by atoms with E-state index in [-0.39, 0.29) is 26.7 Å². The number of anilines is 1. The van der Waals surface area contributed by atoms with Crippen LogP contribution in [0.5, 0.6) is 0 Å². The van der Waals surface area contributed by atoms with E-state index in [1.165, 1.54) is 12.1 Å². The lowest BCUT2D eigenvalue weighted by atomic mass is 9.90. The van der Waals surface area contributed by atoms with Crippen LogP contribution in [0.25, 0.3) is 0 Å². The van der Waals surface area contributed by atoms with Crippen LogP contribution in [0.3, 0.4) is 0 Å². The van der Waals surface area contributed by atoms with Gasteiger partial charge in [-0.1, -0.05) is 48.5 Å². The topological polar surface area (TPSA) is 92.3 Å². The smallest absolute Gasteiger partial charge is 0.271 e. The van der Waals surface area contributed by atoms with Crippen molar-refractivity contribution in [3.05, 3.63) is 94.6 Å². The van der Waals surface area contributed by atoms with Gasteiger partial charge in [0.2, 0.25) is 11.6 Å². The van der Waals surface area contributed by atoms with E-state index >= 15 is 0 Å². The summed E-state index contributed by atoms with van der Waals surface area (Å²) in [7, 11) is -4.00. The van der Waals surface area contributed by atoms with Crippen molar-refractivity contribution in [1.29, 1.82) is 0 Å². The van der Waals surface area contributed by atoms with Crippen LogP contribution in [0.4, 0.5) is 5.69 Å². The normalized spacial score (nSPS) is 14.0. The molecule has 0 radical (unpaired) electrons. The summed E-state index contributed by atoms with van der Waals surface area (Å²) in [6.45, 7) is 0. The molecule has 3 aromatic rings. The lowest BCUT2D eigenvalue weighted by molar-refractivity contribution is 0.0972. The number of hydrogen-bond acceptors (Lipinski definition) is 6. The molecular weight excluding hydrogens is 396 g/mol. The SMILES string of the molecule is O=C1C(Nc2ccccc2)=C(NS(=O)(=O)c2cccs2)C(=O)c2ccccc21. The van der Waals surface area contributed by atoms with Gasteiger partial charge in [-0.05, 0) is 23.6 Å². The number of benzene rings is 2. The van der Waals surface area contributed by atoms with Crippen LogP contribution in [0.1, 0.15) is 20.7 Å². The maximum Gasteiger partial charge on any atom is 0.271 e. The summed E-state index contributed by atoms with van der Waals surface area (Å²) in [5.74, 6) is -1.02. The van der Waals surface area contributed by atoms with Crippen LogP contribution < -0.4 is 10.0 Å². The van der Waals surface area contributed by atoms with E-state index in [9.17, 15) is 18.0 Å². The fourth-order valence-corrected chi connectivity index (χ4v) is 4.93. The number of nitrogens with one attached hydrogen (secondary N) is 2. The standard InChI is InChI=1S/C20H14N2O4S2/c23-19-14-9-4-5-10-15(14)20(24)18(17(19)21-13-7-2-1-3-8-13)22-28(25,26)16-11-6-12-27-16/h1-12,21-22H. The highest BCUT2D eigenvalue weighted by atomic mass is 32.2. The number of hydrogen-bond donors (Lipinski definition) is 2. The van der Waals surface area contributed by atoms with Crippen LogP contribution in [0, 0.1) is 0 Å². The highest BCUT2D eigenvalue weighted by Crippen LogP contribution is 2.28. The van der Waals surface area contributed by atoms with E-state index in [0.29, 0.717) is 5.69 Å². The molecule has 1 aliphatic carbocycles. The molecule has 1 aromatic heterocycles. The van der Waals surface area contributed by atoms with Crippen molar-refractivity contribution >= 4 is 38.6 Å². The predicted octanol–water partition coefficient (Wildman–Crippen LogP) is 3.43. The molecule has 2 N–H and O–H groups in total. The second-order valence-electron chi connectivity index (χ2n) is 5.98. The third-order valence-electron chi connectivity index (χ3n) is 4.16. The molecule has 0 bridgehead atoms. The number of fused-ring (bicyclic) bond motifs is 1. The molecular formula is C20H14N2O4S2. The van der Waals surface area contributed by atoms with E-state index in [1.54, 1.807) is 53.9 Å². The van der Waals surface area contributed by atoms with Gasteiger partial charge in [0.15, 0.2) is 0 Å². The highest BCUT2D eigenvalue weighted by Gasteiger charge is 2.35. The third kappa shape index (κ3) is 3.23. The first-order chi connectivity index (χ1) is 13.5. The minimum absolute atomic E-state index is 0.0539. The Bertz CT molecular complexity index is 1200. The number of carbonyl (C=O) groups is 2. The van der Waals surface area contributed by atoms with Crippen molar-refractivity contribution in [3.8, 4) is 0 Å². The van der Waals surface area contributed by atoms with Crippen LogP contribution in [-0.4, -0.2) is 20.0 Å². The summed E-state index contributed by atoms with van der Waals surface area (Å²) in [4.78, 5) is 26.1. The van der Waals surface area contributed by atoms with Crippen molar-refractivity contribution in [3.63, 3.8) is 0 Å². The molecule has 8 heteroatoms. The number of para-hydroxylation sites is 1. The first-order valence-electron chi connectivity index (χ1n) is 8.28. The van der Waals surface area contributed by atoms with Gasteiger partial charge in [-0.25, -0.2) is 8.42 Å². The molecule has 1 heterocycles. The van der Waals surface area contributed by atoms with E-state index < -0.39 is 21.6 Å². The lowest BCUT2D eigenvalue weighted by Crippen LogP contribution is -2.36. The average molecular weight is 410 g/mol. The molecule has 28 heavy (non-hydrogen) atoms. The summed E-state index contributed by atoms with van der Waals surface area (Å²) >= 11 is 1.02. The zero-order chi connectivity index (χ0) is 19.7. The lowest BCUT2D eigenvalue weighted by Gasteiger charge is -2.22. The average Bonchev–Trinajstić information content (AvgIpc) is 3.25. The molecule has 0 spiro atoms. The molecule has 6 nitrogen and oxygen atoms in total. The zero-order valence-corrected chi connectivity index (χ0v) is 16.0. The summed E-state index contributed by atoms with van der Waals surface area (Å²) in [5, 5.41) is 4.53. The third-order valence-corrected chi connectivity index (χ3v) is 6.91. The fourth-order valence-electron chi connectivity index (χ4n) is 2.86. The maximum atomic E-state index is 13.0. The second kappa shape index (κ2) is 7.06. The molecule has 0 atom stereocenters. The molecule has 0 saturated heterocycles. The molecule has 2 aromatic carbocycles. The molecule has 4 rings (SSSR count). The van der Waals surface area contributed by atoms with Gasteiger partial charge >= 0.3 is 0 Å². The second-order valence-corrected chi connectivity index (χ2v) is 8.84. The number of Topliss-reactive ketones (excluding diaryl/α,β-unsaturated/α-hetero) is 2. The summed E-state index contributed by atoms with van der Waals surface area (Å²) in [6.07, 6.45) is 0. The molecule has 0 fully saturated rings. The Morgan fingerprint density at radius 2 is 1.32 bits per heavy atom.